The van der Waals surface area contributed by atoms with Crippen molar-refractivity contribution in [3.05, 3.63) is 33.1 Å². The first kappa shape index (κ1) is 30.1. The molecule has 1 aromatic heterocycles. The molecule has 18 heteroatoms. The molecule has 13 N–H and O–H groups in total. The van der Waals surface area contributed by atoms with Crippen molar-refractivity contribution < 1.29 is 59.8 Å². The van der Waals surface area contributed by atoms with Gasteiger partial charge in [0.05, 0.1) is 30.9 Å². The SMILES string of the molecule is NC1C(O)C(O)[C@H](CO)O[C@@H]1O[C@@H]1O[C@H](C[C@@H](O)[C@@H]2O[C@@H](n3ccc(=O)[nH]c3=O)[C@H](O)[C@@H]2O)C(O)C(O)C1N. The van der Waals surface area contributed by atoms with Crippen molar-refractivity contribution in [1.82, 2.24) is 9.55 Å². The number of nitrogens with zero attached hydrogens (tertiary/aromatic N) is 1. The first-order valence-electron chi connectivity index (χ1n) is 12.2. The fraction of sp³-hybridized carbons (Fsp3) is 0.810. The summed E-state index contributed by atoms with van der Waals surface area (Å²) in [4.78, 5) is 25.4. The van der Waals surface area contributed by atoms with Gasteiger partial charge >= 0.3 is 5.69 Å². The Labute approximate surface area is 219 Å². The molecule has 0 saturated carbocycles. The molecule has 15 atom stereocenters. The summed E-state index contributed by atoms with van der Waals surface area (Å²) >= 11 is 0. The average Bonchev–Trinajstić information content (AvgIpc) is 3.19. The van der Waals surface area contributed by atoms with Gasteiger partial charge in [-0.25, -0.2) is 4.79 Å². The molecule has 4 heterocycles. The van der Waals surface area contributed by atoms with Crippen LogP contribution in [0, 0.1) is 0 Å². The zero-order valence-corrected chi connectivity index (χ0v) is 20.4. The summed E-state index contributed by atoms with van der Waals surface area (Å²) in [5.74, 6) is 0. The quantitative estimate of drug-likeness (QED) is 0.146. The van der Waals surface area contributed by atoms with Gasteiger partial charge in [0.15, 0.2) is 18.8 Å². The van der Waals surface area contributed by atoms with Crippen LogP contribution in [-0.4, -0.2) is 143 Å². The molecule has 6 unspecified atom stereocenters. The number of nitrogens with one attached hydrogen (secondary N) is 1. The van der Waals surface area contributed by atoms with Crippen LogP contribution in [0.2, 0.25) is 0 Å². The highest BCUT2D eigenvalue weighted by Gasteiger charge is 2.51. The van der Waals surface area contributed by atoms with Crippen molar-refractivity contribution in [2.75, 3.05) is 6.61 Å². The van der Waals surface area contributed by atoms with Crippen LogP contribution in [0.25, 0.3) is 0 Å². The summed E-state index contributed by atoms with van der Waals surface area (Å²) in [6, 6.07) is -1.69. The van der Waals surface area contributed by atoms with Crippen LogP contribution in [0.5, 0.6) is 0 Å². The third kappa shape index (κ3) is 5.80. The number of aliphatic hydroxyl groups is 8. The molecule has 39 heavy (non-hydrogen) atoms. The van der Waals surface area contributed by atoms with Crippen LogP contribution in [-0.2, 0) is 18.9 Å². The maximum atomic E-state index is 12.1. The fourth-order valence-corrected chi connectivity index (χ4v) is 4.86. The Bertz CT molecular complexity index is 1090. The van der Waals surface area contributed by atoms with Gasteiger partial charge in [-0.3, -0.25) is 14.3 Å². The van der Waals surface area contributed by atoms with Gasteiger partial charge in [0.25, 0.3) is 5.56 Å². The lowest BCUT2D eigenvalue weighted by atomic mass is 9.91. The maximum absolute atomic E-state index is 12.1. The smallest absolute Gasteiger partial charge is 0.330 e. The van der Waals surface area contributed by atoms with Gasteiger partial charge in [-0.1, -0.05) is 0 Å². The summed E-state index contributed by atoms with van der Waals surface area (Å²) in [5, 5.41) is 82.2. The molecule has 0 spiro atoms. The van der Waals surface area contributed by atoms with Gasteiger partial charge in [-0.15, -0.1) is 0 Å². The predicted octanol–water partition coefficient (Wildman–Crippen LogP) is -7.54. The van der Waals surface area contributed by atoms with Gasteiger partial charge in [0.2, 0.25) is 0 Å². The molecule has 222 valence electrons. The third-order valence-electron chi connectivity index (χ3n) is 7.20. The summed E-state index contributed by atoms with van der Waals surface area (Å²) < 4.78 is 22.9. The van der Waals surface area contributed by atoms with E-state index >= 15 is 0 Å². The Morgan fingerprint density at radius 1 is 0.872 bits per heavy atom. The highest BCUT2D eigenvalue weighted by molar-refractivity contribution is 4.99. The molecule has 3 fully saturated rings. The number of hydrogen-bond donors (Lipinski definition) is 11. The lowest BCUT2D eigenvalue weighted by Gasteiger charge is -2.46. The molecule has 3 aliphatic rings. The summed E-state index contributed by atoms with van der Waals surface area (Å²) in [5.41, 5.74) is 10.2. The summed E-state index contributed by atoms with van der Waals surface area (Å²) in [6.45, 7) is -0.680. The topological polar surface area (TPSA) is 306 Å². The van der Waals surface area contributed by atoms with Crippen LogP contribution in [0.4, 0.5) is 0 Å². The van der Waals surface area contributed by atoms with E-state index in [1.165, 1.54) is 0 Å². The number of ether oxygens (including phenoxy) is 4. The Morgan fingerprint density at radius 3 is 2.00 bits per heavy atom. The normalized spacial score (nSPS) is 45.8. The van der Waals surface area contributed by atoms with E-state index in [9.17, 15) is 50.4 Å². The van der Waals surface area contributed by atoms with Crippen molar-refractivity contribution in [1.29, 1.82) is 0 Å². The minimum Gasteiger partial charge on any atom is -0.394 e. The van der Waals surface area contributed by atoms with E-state index in [0.29, 0.717) is 0 Å². The number of H-pyrrole nitrogens is 1. The zero-order chi connectivity index (χ0) is 28.8. The van der Waals surface area contributed by atoms with E-state index in [2.05, 4.69) is 0 Å². The molecule has 18 nitrogen and oxygen atoms in total. The van der Waals surface area contributed by atoms with Crippen LogP contribution < -0.4 is 22.7 Å². The monoisotopic (exact) mass is 566 g/mol. The second-order valence-corrected chi connectivity index (χ2v) is 9.81. The molecule has 1 aromatic rings. The number of nitrogens with two attached hydrogens (primary N) is 2. The summed E-state index contributed by atoms with van der Waals surface area (Å²) in [7, 11) is 0. The first-order chi connectivity index (χ1) is 18.3. The molecule has 0 radical (unpaired) electrons. The van der Waals surface area contributed by atoms with Crippen LogP contribution in [0.1, 0.15) is 12.6 Å². The first-order valence-corrected chi connectivity index (χ1v) is 12.2. The number of hydrogen-bond acceptors (Lipinski definition) is 16. The molecule has 3 saturated heterocycles. The Morgan fingerprint density at radius 2 is 1.44 bits per heavy atom. The fourth-order valence-electron chi connectivity index (χ4n) is 4.86. The van der Waals surface area contributed by atoms with Gasteiger partial charge in [0, 0.05) is 18.7 Å². The van der Waals surface area contributed by atoms with Gasteiger partial charge in [-0.2, -0.15) is 0 Å². The Kier molecular flexibility index (Phi) is 9.20. The molecule has 0 bridgehead atoms. The number of aliphatic hydroxyl groups excluding tert-OH is 8. The van der Waals surface area contributed by atoms with E-state index in [-0.39, 0.29) is 0 Å². The lowest BCUT2D eigenvalue weighted by Crippen LogP contribution is -2.67. The number of aromatic nitrogens is 2. The minimum atomic E-state index is -1.71. The van der Waals surface area contributed by atoms with Crippen molar-refractivity contribution in [2.45, 2.75) is 98.4 Å². The maximum Gasteiger partial charge on any atom is 0.330 e. The van der Waals surface area contributed by atoms with Gasteiger partial charge in [-0.05, 0) is 0 Å². The standard InChI is InChI=1S/C21H34N4O14/c22-9-13(31)11(29)6(36-19(9)39-20-10(23)14(32)12(30)7(4-26)37-20)3-5(27)17-15(33)16(34)18(38-17)25-2-1-8(28)24-21(25)35/h1-2,5-7,9-20,26-27,29-34H,3-4,22-23H2,(H,24,28,35)/t5-,6-,7+,9?,10?,11?,12?,13?,14?,15+,16-,17+,18-,19+,20-/m1/s1. The Balaban J connectivity index is 1.45. The highest BCUT2D eigenvalue weighted by atomic mass is 16.8. The minimum absolute atomic E-state index is 0.495. The second kappa shape index (κ2) is 11.9. The van der Waals surface area contributed by atoms with E-state index in [0.717, 1.165) is 16.8 Å². The van der Waals surface area contributed by atoms with Crippen molar-refractivity contribution in [3.63, 3.8) is 0 Å². The number of aromatic amines is 1. The van der Waals surface area contributed by atoms with Crippen molar-refractivity contribution >= 4 is 0 Å². The van der Waals surface area contributed by atoms with Crippen LogP contribution >= 0.6 is 0 Å². The van der Waals surface area contributed by atoms with Gasteiger partial charge in [0.1, 0.15) is 48.8 Å². The predicted molar refractivity (Wildman–Crippen MR) is 123 cm³/mol. The van der Waals surface area contributed by atoms with Crippen molar-refractivity contribution in [3.8, 4) is 0 Å². The van der Waals surface area contributed by atoms with E-state index in [1.807, 2.05) is 4.98 Å². The zero-order valence-electron chi connectivity index (χ0n) is 20.4. The molecule has 4 rings (SSSR count). The average molecular weight is 567 g/mol. The Hall–Kier alpha value is -1.88. The summed E-state index contributed by atoms with van der Waals surface area (Å²) in [6.07, 6.45) is -19.4. The molecule has 0 aliphatic carbocycles. The van der Waals surface area contributed by atoms with Crippen molar-refractivity contribution in [2.24, 2.45) is 11.5 Å². The highest BCUT2D eigenvalue weighted by Crippen LogP contribution is 2.33. The van der Waals surface area contributed by atoms with E-state index in [1.54, 1.807) is 0 Å². The van der Waals surface area contributed by atoms with E-state index < -0.39 is 116 Å². The largest absolute Gasteiger partial charge is 0.394 e. The molecular formula is C21H34N4O14. The van der Waals surface area contributed by atoms with Crippen LogP contribution in [0.15, 0.2) is 21.9 Å². The second-order valence-electron chi connectivity index (χ2n) is 9.81. The third-order valence-corrected chi connectivity index (χ3v) is 7.20. The lowest BCUT2D eigenvalue weighted by molar-refractivity contribution is -0.343. The number of rotatable bonds is 7. The van der Waals surface area contributed by atoms with E-state index in [4.69, 9.17) is 30.4 Å². The molecule has 0 amide bonds. The van der Waals surface area contributed by atoms with Crippen LogP contribution in [0.3, 0.4) is 0 Å². The molecular weight excluding hydrogens is 532 g/mol. The molecule has 3 aliphatic heterocycles. The van der Waals surface area contributed by atoms with Gasteiger partial charge < -0.3 is 71.3 Å². The molecule has 0 aromatic carbocycles.